The van der Waals surface area contributed by atoms with Gasteiger partial charge in [-0.05, 0) is 30.4 Å². The molecule has 1 fully saturated rings. The van der Waals surface area contributed by atoms with Gasteiger partial charge in [0.15, 0.2) is 0 Å². The largest absolute Gasteiger partial charge is 0.391 e. The molecule has 0 radical (unpaired) electrons. The number of hydrogen-bond acceptors (Lipinski definition) is 4. The van der Waals surface area contributed by atoms with E-state index in [0.29, 0.717) is 12.5 Å². The van der Waals surface area contributed by atoms with Gasteiger partial charge in [-0.25, -0.2) is 0 Å². The van der Waals surface area contributed by atoms with Crippen molar-refractivity contribution < 1.29 is 5.11 Å². The number of aromatic nitrogens is 4. The Bertz CT molecular complexity index is 783. The van der Waals surface area contributed by atoms with Gasteiger partial charge in [-0.1, -0.05) is 30.3 Å². The molecule has 0 bridgehead atoms. The van der Waals surface area contributed by atoms with Gasteiger partial charge < -0.3 is 10.4 Å². The lowest BCUT2D eigenvalue weighted by Crippen LogP contribution is -2.35. The highest BCUT2D eigenvalue weighted by Gasteiger charge is 2.32. The van der Waals surface area contributed by atoms with E-state index in [1.807, 2.05) is 41.3 Å². The zero-order valence-electron chi connectivity index (χ0n) is 14.0. The van der Waals surface area contributed by atoms with Crippen molar-refractivity contribution in [3.8, 4) is 11.3 Å². The van der Waals surface area contributed by atoms with Gasteiger partial charge in [-0.15, -0.1) is 0 Å². The zero-order valence-corrected chi connectivity index (χ0v) is 14.0. The molecule has 6 heteroatoms. The van der Waals surface area contributed by atoms with Crippen molar-refractivity contribution in [1.29, 1.82) is 0 Å². The van der Waals surface area contributed by atoms with Crippen molar-refractivity contribution in [3.05, 3.63) is 60.6 Å². The molecule has 1 aliphatic rings. The molecule has 3 aromatic rings. The normalized spacial score (nSPS) is 23.2. The molecule has 1 saturated carbocycles. The topological polar surface area (TPSA) is 78.8 Å². The number of aliphatic hydroxyl groups excluding tert-OH is 1. The lowest BCUT2D eigenvalue weighted by Gasteiger charge is -2.16. The maximum Gasteiger partial charge on any atom is 0.0696 e. The molecule has 2 heterocycles. The van der Waals surface area contributed by atoms with E-state index in [2.05, 4.69) is 32.7 Å². The molecule has 0 saturated heterocycles. The molecule has 6 nitrogen and oxygen atoms in total. The summed E-state index contributed by atoms with van der Waals surface area (Å²) in [6.07, 6.45) is 7.09. The van der Waals surface area contributed by atoms with Gasteiger partial charge in [0.2, 0.25) is 0 Å². The first-order chi connectivity index (χ1) is 12.3. The third-order valence-corrected chi connectivity index (χ3v) is 4.97. The van der Waals surface area contributed by atoms with E-state index in [1.165, 1.54) is 0 Å². The maximum absolute atomic E-state index is 10.4. The molecule has 2 aromatic heterocycles. The quantitative estimate of drug-likeness (QED) is 0.644. The molecule has 130 valence electrons. The molecule has 1 unspecified atom stereocenters. The van der Waals surface area contributed by atoms with Gasteiger partial charge in [-0.3, -0.25) is 9.78 Å². The molecule has 25 heavy (non-hydrogen) atoms. The Morgan fingerprint density at radius 2 is 2.08 bits per heavy atom. The Morgan fingerprint density at radius 3 is 2.88 bits per heavy atom. The molecule has 0 aliphatic heterocycles. The van der Waals surface area contributed by atoms with Crippen molar-refractivity contribution in [1.82, 2.24) is 25.3 Å². The van der Waals surface area contributed by atoms with Gasteiger partial charge >= 0.3 is 0 Å². The molecule has 1 aromatic carbocycles. The maximum atomic E-state index is 10.4. The molecule has 1 aliphatic carbocycles. The first-order valence-corrected chi connectivity index (χ1v) is 8.76. The van der Waals surface area contributed by atoms with Crippen molar-refractivity contribution in [2.45, 2.75) is 38.1 Å². The number of aliphatic hydroxyl groups is 1. The second-order valence-corrected chi connectivity index (χ2v) is 6.76. The van der Waals surface area contributed by atoms with Crippen LogP contribution in [0, 0.1) is 5.92 Å². The smallest absolute Gasteiger partial charge is 0.0696 e. The first-order valence-electron chi connectivity index (χ1n) is 8.76. The Labute approximate surface area is 146 Å². The van der Waals surface area contributed by atoms with E-state index in [4.69, 9.17) is 0 Å². The minimum atomic E-state index is -0.312. The van der Waals surface area contributed by atoms with Crippen molar-refractivity contribution >= 4 is 0 Å². The summed E-state index contributed by atoms with van der Waals surface area (Å²) in [5, 5.41) is 25.4. The van der Waals surface area contributed by atoms with Gasteiger partial charge in [0, 0.05) is 37.1 Å². The molecular weight excluding hydrogens is 314 g/mol. The van der Waals surface area contributed by atoms with Crippen molar-refractivity contribution in [2.24, 2.45) is 5.92 Å². The summed E-state index contributed by atoms with van der Waals surface area (Å²) in [5.41, 5.74) is 3.28. The monoisotopic (exact) mass is 337 g/mol. The first kappa shape index (κ1) is 16.1. The standard InChI is InChI=1S/C19H23N5O/c25-18-10-14(13-24-8-4-7-22-24)9-17(18)20-11-16-12-21-23-19(16)15-5-2-1-3-6-15/h1-8,12,14,17-18,20,25H,9-11,13H2,(H,21,23)/t14?,17-,18-/m1/s1. The molecule has 0 spiro atoms. The Hall–Kier alpha value is -2.44. The van der Waals surface area contributed by atoms with E-state index in [1.54, 1.807) is 6.20 Å². The number of nitrogens with one attached hydrogen (secondary N) is 2. The van der Waals surface area contributed by atoms with Gasteiger partial charge in [0.25, 0.3) is 0 Å². The van der Waals surface area contributed by atoms with Gasteiger partial charge in [0.05, 0.1) is 18.0 Å². The lowest BCUT2D eigenvalue weighted by atomic mass is 10.1. The highest BCUT2D eigenvalue weighted by Crippen LogP contribution is 2.28. The molecule has 0 amide bonds. The summed E-state index contributed by atoms with van der Waals surface area (Å²) in [6.45, 7) is 1.56. The van der Waals surface area contributed by atoms with Crippen molar-refractivity contribution in [2.75, 3.05) is 0 Å². The Balaban J connectivity index is 1.37. The van der Waals surface area contributed by atoms with E-state index in [0.717, 1.165) is 36.2 Å². The van der Waals surface area contributed by atoms with Crippen LogP contribution in [0.5, 0.6) is 0 Å². The lowest BCUT2D eigenvalue weighted by molar-refractivity contribution is 0.145. The number of aromatic amines is 1. The fraction of sp³-hybridized carbons (Fsp3) is 0.368. The van der Waals surface area contributed by atoms with Crippen LogP contribution in [-0.4, -0.2) is 37.2 Å². The number of benzene rings is 1. The second kappa shape index (κ2) is 7.21. The fourth-order valence-corrected chi connectivity index (χ4v) is 3.70. The summed E-state index contributed by atoms with van der Waals surface area (Å²) in [7, 11) is 0. The summed E-state index contributed by atoms with van der Waals surface area (Å²) in [6, 6.07) is 12.2. The Kier molecular flexibility index (Phi) is 4.63. The van der Waals surface area contributed by atoms with Crippen LogP contribution in [0.15, 0.2) is 55.0 Å². The zero-order chi connectivity index (χ0) is 17.1. The minimum absolute atomic E-state index is 0.110. The van der Waals surface area contributed by atoms with E-state index < -0.39 is 0 Å². The predicted molar refractivity (Wildman–Crippen MR) is 95.6 cm³/mol. The third kappa shape index (κ3) is 3.65. The number of nitrogens with zero attached hydrogens (tertiary/aromatic N) is 3. The highest BCUT2D eigenvalue weighted by molar-refractivity contribution is 5.62. The average Bonchev–Trinajstić information content (AvgIpc) is 3.36. The van der Waals surface area contributed by atoms with Crippen LogP contribution in [0.25, 0.3) is 11.3 Å². The van der Waals surface area contributed by atoms with Gasteiger partial charge in [0.1, 0.15) is 0 Å². The van der Waals surface area contributed by atoms with Crippen LogP contribution in [0.3, 0.4) is 0 Å². The van der Waals surface area contributed by atoms with E-state index in [-0.39, 0.29) is 12.1 Å². The summed E-state index contributed by atoms with van der Waals surface area (Å²) in [4.78, 5) is 0. The SMILES string of the molecule is O[C@@H]1CC(Cn2cccn2)C[C@H]1NCc1cn[nH]c1-c1ccccc1. The third-order valence-electron chi connectivity index (χ3n) is 4.97. The van der Waals surface area contributed by atoms with Gasteiger partial charge in [-0.2, -0.15) is 10.2 Å². The van der Waals surface area contributed by atoms with Crippen LogP contribution in [0.4, 0.5) is 0 Å². The van der Waals surface area contributed by atoms with E-state index in [9.17, 15) is 5.11 Å². The fourth-order valence-electron chi connectivity index (χ4n) is 3.70. The average molecular weight is 337 g/mol. The van der Waals surface area contributed by atoms with Crippen LogP contribution < -0.4 is 5.32 Å². The molecule has 3 atom stereocenters. The molecule has 4 rings (SSSR count). The minimum Gasteiger partial charge on any atom is -0.391 e. The van der Waals surface area contributed by atoms with Crippen LogP contribution in [0.2, 0.25) is 0 Å². The Morgan fingerprint density at radius 1 is 1.20 bits per heavy atom. The summed E-state index contributed by atoms with van der Waals surface area (Å²) < 4.78 is 1.95. The number of hydrogen-bond donors (Lipinski definition) is 3. The molecule has 3 N–H and O–H groups in total. The number of rotatable bonds is 6. The number of H-pyrrole nitrogens is 1. The van der Waals surface area contributed by atoms with Crippen LogP contribution in [-0.2, 0) is 13.1 Å². The predicted octanol–water partition coefficient (Wildman–Crippen LogP) is 2.20. The van der Waals surface area contributed by atoms with Crippen LogP contribution in [0.1, 0.15) is 18.4 Å². The molecular formula is C19H23N5O. The van der Waals surface area contributed by atoms with Crippen LogP contribution >= 0.6 is 0 Å². The second-order valence-electron chi connectivity index (χ2n) is 6.76. The van der Waals surface area contributed by atoms with Crippen molar-refractivity contribution in [3.63, 3.8) is 0 Å². The van der Waals surface area contributed by atoms with E-state index >= 15 is 0 Å². The highest BCUT2D eigenvalue weighted by atomic mass is 16.3. The summed E-state index contributed by atoms with van der Waals surface area (Å²) in [5.74, 6) is 0.449. The summed E-state index contributed by atoms with van der Waals surface area (Å²) >= 11 is 0.